The molecule has 5 aromatic rings. The lowest BCUT2D eigenvalue weighted by atomic mass is 9.99. The lowest BCUT2D eigenvalue weighted by Gasteiger charge is -2.14. The number of pyridine rings is 3. The minimum Gasteiger partial charge on any atom is -0.317 e. The van der Waals surface area contributed by atoms with Gasteiger partial charge in [0.15, 0.2) is 0 Å². The Balaban J connectivity index is 2.00. The molecule has 1 aromatic carbocycles. The lowest BCUT2D eigenvalue weighted by Crippen LogP contribution is -2.23. The van der Waals surface area contributed by atoms with Crippen LogP contribution in [0.25, 0.3) is 33.3 Å². The number of fused-ring (bicyclic) bond motifs is 1. The summed E-state index contributed by atoms with van der Waals surface area (Å²) in [5, 5.41) is 0.397. The Morgan fingerprint density at radius 2 is 1.48 bits per heavy atom. The van der Waals surface area contributed by atoms with Gasteiger partial charge < -0.3 is 9.13 Å². The smallest absolute Gasteiger partial charge is 0.275 e. The van der Waals surface area contributed by atoms with E-state index in [0.29, 0.717) is 44.7 Å². The molecule has 0 spiro atoms. The molecule has 0 aliphatic rings. The van der Waals surface area contributed by atoms with Gasteiger partial charge in [0.1, 0.15) is 5.52 Å². The summed E-state index contributed by atoms with van der Waals surface area (Å²) < 4.78 is 32.5. The number of hydrogen-bond donors (Lipinski definition) is 0. The first-order valence-corrected chi connectivity index (χ1v) is 14.0. The monoisotopic (exact) mass is 552 g/mol. The largest absolute Gasteiger partial charge is 0.317 e. The third kappa shape index (κ3) is 4.46. The summed E-state index contributed by atoms with van der Waals surface area (Å²) in [7, 11) is -1.03. The molecular weight excluding hydrogens is 524 g/mol. The van der Waals surface area contributed by atoms with Crippen LogP contribution in [-0.4, -0.2) is 26.5 Å². The second-order valence-corrected chi connectivity index (χ2v) is 11.7. The normalized spacial score (nSPS) is 11.4. The fraction of sp³-hybridized carbons (Fsp3) is 0.194. The van der Waals surface area contributed by atoms with Crippen molar-refractivity contribution in [2.75, 3.05) is 0 Å². The van der Waals surface area contributed by atoms with E-state index in [2.05, 4.69) is 16.8 Å². The first-order valence-electron chi connectivity index (χ1n) is 12.6. The van der Waals surface area contributed by atoms with Crippen molar-refractivity contribution in [3.8, 4) is 34.2 Å². The predicted molar refractivity (Wildman–Crippen MR) is 157 cm³/mol. The van der Waals surface area contributed by atoms with Crippen molar-refractivity contribution in [3.63, 3.8) is 0 Å². The summed E-state index contributed by atoms with van der Waals surface area (Å²) in [4.78, 5) is 31.0. The van der Waals surface area contributed by atoms with Crippen molar-refractivity contribution in [1.29, 1.82) is 0 Å². The Bertz CT molecular complexity index is 2100. The number of rotatable bonds is 4. The van der Waals surface area contributed by atoms with E-state index in [0.717, 1.165) is 9.54 Å². The summed E-state index contributed by atoms with van der Waals surface area (Å²) in [5.41, 5.74) is 4.09. The molecule has 0 N–H and O–H groups in total. The molecule has 8 nitrogen and oxygen atoms in total. The zero-order valence-electron chi connectivity index (χ0n) is 23.1. The molecular formula is C31H28N4O4S. The van der Waals surface area contributed by atoms with Gasteiger partial charge in [0.05, 0.1) is 10.6 Å². The minimum absolute atomic E-state index is 0.0150. The third-order valence-corrected chi connectivity index (χ3v) is 8.54. The van der Waals surface area contributed by atoms with E-state index in [1.807, 2.05) is 20.8 Å². The van der Waals surface area contributed by atoms with Crippen LogP contribution >= 0.6 is 0 Å². The Labute approximate surface area is 232 Å². The van der Waals surface area contributed by atoms with Crippen molar-refractivity contribution in [2.45, 2.75) is 32.6 Å². The van der Waals surface area contributed by atoms with Crippen LogP contribution in [0.1, 0.15) is 29.4 Å². The standard InChI is InChI=1S/C31H28N4O4S/c1-7-8-22-17-33(5)29(36)16-25(22)27-18-34(6)31(37)30-26(27)15-28(23-13-20(3)32-21(4)14-23)35(30)40(38,39)24-11-9-19(2)10-12-24/h9-18H,1-6H3. The molecule has 4 heterocycles. The first kappa shape index (κ1) is 26.9. The van der Waals surface area contributed by atoms with E-state index >= 15 is 0 Å². The van der Waals surface area contributed by atoms with Crippen molar-refractivity contribution in [1.82, 2.24) is 18.1 Å². The van der Waals surface area contributed by atoms with Crippen molar-refractivity contribution in [3.05, 3.63) is 104 Å². The molecule has 0 aliphatic carbocycles. The molecule has 0 fully saturated rings. The maximum atomic E-state index is 14.3. The summed E-state index contributed by atoms with van der Waals surface area (Å²) in [6.45, 7) is 7.23. The van der Waals surface area contributed by atoms with E-state index in [1.165, 1.54) is 27.3 Å². The second-order valence-electron chi connectivity index (χ2n) is 9.90. The molecule has 0 atom stereocenters. The van der Waals surface area contributed by atoms with Gasteiger partial charge in [-0.1, -0.05) is 23.6 Å². The first-order chi connectivity index (χ1) is 18.9. The van der Waals surface area contributed by atoms with Gasteiger partial charge >= 0.3 is 0 Å². The summed E-state index contributed by atoms with van der Waals surface area (Å²) in [5.74, 6) is 5.92. The molecule has 5 rings (SSSR count). The number of hydrogen-bond acceptors (Lipinski definition) is 5. The Kier molecular flexibility index (Phi) is 6.60. The highest BCUT2D eigenvalue weighted by Crippen LogP contribution is 2.37. The van der Waals surface area contributed by atoms with Crippen LogP contribution in [0, 0.1) is 32.6 Å². The average molecular weight is 553 g/mol. The molecule has 9 heteroatoms. The van der Waals surface area contributed by atoms with Crippen LogP contribution in [0.5, 0.6) is 0 Å². The average Bonchev–Trinajstić information content (AvgIpc) is 3.30. The summed E-state index contributed by atoms with van der Waals surface area (Å²) in [6.07, 6.45) is 3.26. The molecule has 202 valence electrons. The van der Waals surface area contributed by atoms with Crippen LogP contribution in [0.15, 0.2) is 75.4 Å². The topological polar surface area (TPSA) is 96.0 Å². The van der Waals surface area contributed by atoms with Gasteiger partial charge in [0.25, 0.3) is 21.1 Å². The van der Waals surface area contributed by atoms with Gasteiger partial charge in [-0.15, -0.1) is 5.92 Å². The van der Waals surface area contributed by atoms with Crippen molar-refractivity contribution in [2.24, 2.45) is 14.1 Å². The van der Waals surface area contributed by atoms with Crippen molar-refractivity contribution < 1.29 is 8.42 Å². The second kappa shape index (κ2) is 9.81. The van der Waals surface area contributed by atoms with Gasteiger partial charge in [0, 0.05) is 71.6 Å². The molecule has 0 amide bonds. The Hall–Kier alpha value is -4.68. The Morgan fingerprint density at radius 3 is 2.10 bits per heavy atom. The molecule has 0 unspecified atom stereocenters. The fourth-order valence-corrected chi connectivity index (χ4v) is 6.46. The maximum Gasteiger partial charge on any atom is 0.275 e. The quantitative estimate of drug-likeness (QED) is 0.310. The molecule has 0 aliphatic heterocycles. The van der Waals surface area contributed by atoms with Crippen LogP contribution in [-0.2, 0) is 24.1 Å². The summed E-state index contributed by atoms with van der Waals surface area (Å²) >= 11 is 0. The summed E-state index contributed by atoms with van der Waals surface area (Å²) in [6, 6.07) is 13.3. The predicted octanol–water partition coefficient (Wildman–Crippen LogP) is 4.30. The maximum absolute atomic E-state index is 14.3. The van der Waals surface area contributed by atoms with E-state index in [9.17, 15) is 18.0 Å². The molecule has 0 saturated heterocycles. The highest BCUT2D eigenvalue weighted by molar-refractivity contribution is 7.90. The van der Waals surface area contributed by atoms with E-state index in [1.54, 1.807) is 63.7 Å². The molecule has 0 bridgehead atoms. The van der Waals surface area contributed by atoms with Gasteiger partial charge in [-0.05, 0) is 58.0 Å². The number of aromatic nitrogens is 4. The van der Waals surface area contributed by atoms with E-state index in [-0.39, 0.29) is 16.0 Å². The van der Waals surface area contributed by atoms with Gasteiger partial charge in [0.2, 0.25) is 0 Å². The molecule has 0 radical (unpaired) electrons. The van der Waals surface area contributed by atoms with Crippen molar-refractivity contribution >= 4 is 20.9 Å². The van der Waals surface area contributed by atoms with Crippen LogP contribution in [0.3, 0.4) is 0 Å². The minimum atomic E-state index is -4.23. The number of benzene rings is 1. The van der Waals surface area contributed by atoms with Gasteiger partial charge in [-0.25, -0.2) is 12.4 Å². The van der Waals surface area contributed by atoms with Crippen LogP contribution in [0.2, 0.25) is 0 Å². The van der Waals surface area contributed by atoms with Gasteiger partial charge in [-0.3, -0.25) is 14.6 Å². The zero-order valence-corrected chi connectivity index (χ0v) is 23.9. The van der Waals surface area contributed by atoms with E-state index < -0.39 is 15.6 Å². The van der Waals surface area contributed by atoms with E-state index in [4.69, 9.17) is 0 Å². The highest BCUT2D eigenvalue weighted by atomic mass is 32.2. The van der Waals surface area contributed by atoms with Gasteiger partial charge in [-0.2, -0.15) is 0 Å². The molecule has 0 saturated carbocycles. The molecule has 4 aromatic heterocycles. The third-order valence-electron chi connectivity index (χ3n) is 6.81. The number of aryl methyl sites for hydroxylation is 5. The number of nitrogens with zero attached hydrogens (tertiary/aromatic N) is 4. The SMILES string of the molecule is CC#Cc1cn(C)c(=O)cc1-c1cn(C)c(=O)c2c1cc(-c1cc(C)nc(C)c1)n2S(=O)(=O)c1ccc(C)cc1. The molecule has 40 heavy (non-hydrogen) atoms. The highest BCUT2D eigenvalue weighted by Gasteiger charge is 2.28. The lowest BCUT2D eigenvalue weighted by molar-refractivity contribution is 0.589. The van der Waals surface area contributed by atoms with Crippen LogP contribution < -0.4 is 11.1 Å². The Morgan fingerprint density at radius 1 is 0.825 bits per heavy atom. The zero-order chi connectivity index (χ0) is 28.9. The fourth-order valence-electron chi connectivity index (χ4n) is 4.94. The van der Waals surface area contributed by atoms with Crippen LogP contribution in [0.4, 0.5) is 0 Å².